The van der Waals surface area contributed by atoms with Gasteiger partial charge in [0, 0.05) is 12.0 Å². The molecule has 0 heterocycles. The van der Waals surface area contributed by atoms with Crippen molar-refractivity contribution < 1.29 is 4.79 Å². The number of carbonyl (C=O) groups is 1. The number of hydrogen-bond donors (Lipinski definition) is 2. The van der Waals surface area contributed by atoms with Gasteiger partial charge in [0.25, 0.3) is 0 Å². The number of amides is 1. The van der Waals surface area contributed by atoms with Gasteiger partial charge in [-0.3, -0.25) is 4.79 Å². The first kappa shape index (κ1) is 14.5. The quantitative estimate of drug-likeness (QED) is 0.749. The molecule has 0 spiro atoms. The topological polar surface area (TPSA) is 55.1 Å². The van der Waals surface area contributed by atoms with Crippen LogP contribution in [-0.2, 0) is 4.79 Å². The summed E-state index contributed by atoms with van der Waals surface area (Å²) < 4.78 is 0. The van der Waals surface area contributed by atoms with Gasteiger partial charge in [0.2, 0.25) is 5.91 Å². The average molecular weight is 240 g/mol. The number of carbonyl (C=O) groups excluding carboxylic acids is 1. The zero-order valence-electron chi connectivity index (χ0n) is 11.4. The lowest BCUT2D eigenvalue weighted by Gasteiger charge is -2.29. The molecule has 3 unspecified atom stereocenters. The summed E-state index contributed by atoms with van der Waals surface area (Å²) in [7, 11) is 0. The summed E-state index contributed by atoms with van der Waals surface area (Å²) in [5, 5.41) is 3.20. The molecule has 0 aromatic carbocycles. The van der Waals surface area contributed by atoms with E-state index >= 15 is 0 Å². The molecule has 1 saturated carbocycles. The Bertz CT molecular complexity index is 230. The molecule has 100 valence electrons. The Balaban J connectivity index is 2.40. The van der Waals surface area contributed by atoms with Crippen LogP contribution in [-0.4, -0.2) is 18.5 Å². The van der Waals surface area contributed by atoms with Crippen LogP contribution in [0.5, 0.6) is 0 Å². The summed E-state index contributed by atoms with van der Waals surface area (Å²) >= 11 is 0. The fourth-order valence-corrected chi connectivity index (χ4v) is 2.79. The normalized spacial score (nSPS) is 26.5. The van der Waals surface area contributed by atoms with Crippen LogP contribution in [0.25, 0.3) is 0 Å². The number of nitrogens with two attached hydrogens (primary N) is 1. The molecule has 17 heavy (non-hydrogen) atoms. The molecule has 1 amide bonds. The van der Waals surface area contributed by atoms with E-state index in [0.717, 1.165) is 45.1 Å². The Morgan fingerprint density at radius 1 is 1.41 bits per heavy atom. The van der Waals surface area contributed by atoms with E-state index in [0.29, 0.717) is 12.0 Å². The summed E-state index contributed by atoms with van der Waals surface area (Å²) in [4.78, 5) is 12.2. The molecule has 0 aromatic heterocycles. The number of rotatable bonds is 6. The zero-order chi connectivity index (χ0) is 12.7. The maximum Gasteiger partial charge on any atom is 0.223 e. The monoisotopic (exact) mass is 240 g/mol. The summed E-state index contributed by atoms with van der Waals surface area (Å²) in [6, 6.07) is 0.366. The lowest BCUT2D eigenvalue weighted by Crippen LogP contribution is -2.40. The van der Waals surface area contributed by atoms with Gasteiger partial charge in [-0.05, 0) is 44.6 Å². The Hall–Kier alpha value is -0.570. The van der Waals surface area contributed by atoms with Gasteiger partial charge >= 0.3 is 0 Å². The summed E-state index contributed by atoms with van der Waals surface area (Å²) in [6.07, 6.45) is 7.66. The first-order valence-electron chi connectivity index (χ1n) is 7.21. The van der Waals surface area contributed by atoms with Crippen LogP contribution in [0.3, 0.4) is 0 Å². The smallest absolute Gasteiger partial charge is 0.223 e. The van der Waals surface area contributed by atoms with Gasteiger partial charge in [0.1, 0.15) is 0 Å². The molecule has 0 bridgehead atoms. The van der Waals surface area contributed by atoms with Crippen LogP contribution in [0, 0.1) is 11.8 Å². The second kappa shape index (κ2) is 7.70. The van der Waals surface area contributed by atoms with Crippen LogP contribution < -0.4 is 11.1 Å². The molecule has 0 aliphatic heterocycles. The van der Waals surface area contributed by atoms with Gasteiger partial charge in [-0.15, -0.1) is 0 Å². The van der Waals surface area contributed by atoms with Crippen molar-refractivity contribution in [2.24, 2.45) is 17.6 Å². The zero-order valence-corrected chi connectivity index (χ0v) is 11.4. The first-order chi connectivity index (χ1) is 8.21. The third-order valence-corrected chi connectivity index (χ3v) is 3.96. The van der Waals surface area contributed by atoms with Gasteiger partial charge in [-0.1, -0.05) is 26.7 Å². The van der Waals surface area contributed by atoms with Gasteiger partial charge in [0.15, 0.2) is 0 Å². The van der Waals surface area contributed by atoms with Gasteiger partial charge in [-0.2, -0.15) is 0 Å². The molecule has 0 aromatic rings. The Morgan fingerprint density at radius 3 is 2.76 bits per heavy atom. The van der Waals surface area contributed by atoms with Crippen LogP contribution >= 0.6 is 0 Å². The van der Waals surface area contributed by atoms with Crippen molar-refractivity contribution in [3.05, 3.63) is 0 Å². The highest BCUT2D eigenvalue weighted by atomic mass is 16.1. The molecule has 3 atom stereocenters. The van der Waals surface area contributed by atoms with Gasteiger partial charge in [0.05, 0.1) is 0 Å². The highest BCUT2D eigenvalue weighted by Gasteiger charge is 2.27. The van der Waals surface area contributed by atoms with Gasteiger partial charge in [-0.25, -0.2) is 0 Å². The molecule has 3 N–H and O–H groups in total. The molecular formula is C14H28N2O. The van der Waals surface area contributed by atoms with Crippen molar-refractivity contribution in [3.8, 4) is 0 Å². The van der Waals surface area contributed by atoms with E-state index < -0.39 is 0 Å². The maximum absolute atomic E-state index is 12.2. The number of nitrogens with one attached hydrogen (secondary N) is 1. The molecule has 0 radical (unpaired) electrons. The minimum atomic E-state index is 0.211. The summed E-state index contributed by atoms with van der Waals surface area (Å²) in [5.41, 5.74) is 5.71. The van der Waals surface area contributed by atoms with Gasteiger partial charge < -0.3 is 11.1 Å². The van der Waals surface area contributed by atoms with E-state index in [1.807, 2.05) is 0 Å². The predicted molar refractivity (Wildman–Crippen MR) is 71.6 cm³/mol. The second-order valence-corrected chi connectivity index (χ2v) is 5.37. The standard InChI is InChI=1S/C14H28N2O/c1-3-6-13(4-2)16-14(17)12-8-5-7-11(9-12)10-15/h11-13H,3-10,15H2,1-2H3,(H,16,17). The third-order valence-electron chi connectivity index (χ3n) is 3.96. The van der Waals surface area contributed by atoms with Crippen LogP contribution in [0.1, 0.15) is 58.8 Å². The molecule has 0 saturated heterocycles. The first-order valence-corrected chi connectivity index (χ1v) is 7.21. The third kappa shape index (κ3) is 4.66. The van der Waals surface area contributed by atoms with Crippen molar-refractivity contribution in [3.63, 3.8) is 0 Å². The summed E-state index contributed by atoms with van der Waals surface area (Å²) in [5.74, 6) is 1.04. The van der Waals surface area contributed by atoms with E-state index in [9.17, 15) is 4.79 Å². The van der Waals surface area contributed by atoms with Crippen LogP contribution in [0.2, 0.25) is 0 Å². The van der Waals surface area contributed by atoms with Crippen molar-refractivity contribution in [1.29, 1.82) is 0 Å². The SMILES string of the molecule is CCCC(CC)NC(=O)C1CCCC(CN)C1. The van der Waals surface area contributed by atoms with Crippen LogP contribution in [0.15, 0.2) is 0 Å². The molecule has 3 nitrogen and oxygen atoms in total. The molecular weight excluding hydrogens is 212 g/mol. The number of hydrogen-bond acceptors (Lipinski definition) is 2. The Morgan fingerprint density at radius 2 is 2.18 bits per heavy atom. The minimum Gasteiger partial charge on any atom is -0.353 e. The lowest BCUT2D eigenvalue weighted by atomic mass is 9.81. The summed E-state index contributed by atoms with van der Waals surface area (Å²) in [6.45, 7) is 5.04. The molecule has 1 aliphatic rings. The Kier molecular flexibility index (Phi) is 6.56. The van der Waals surface area contributed by atoms with Crippen LogP contribution in [0.4, 0.5) is 0 Å². The van der Waals surface area contributed by atoms with E-state index in [2.05, 4.69) is 19.2 Å². The highest BCUT2D eigenvalue weighted by molar-refractivity contribution is 5.79. The highest BCUT2D eigenvalue weighted by Crippen LogP contribution is 2.28. The van der Waals surface area contributed by atoms with E-state index in [-0.39, 0.29) is 11.8 Å². The Labute approximate surface area is 106 Å². The van der Waals surface area contributed by atoms with Crippen molar-refractivity contribution in [1.82, 2.24) is 5.32 Å². The molecule has 3 heteroatoms. The molecule has 1 aliphatic carbocycles. The van der Waals surface area contributed by atoms with Crippen molar-refractivity contribution in [2.75, 3.05) is 6.54 Å². The van der Waals surface area contributed by atoms with E-state index in [4.69, 9.17) is 5.73 Å². The molecule has 1 rings (SSSR count). The predicted octanol–water partition coefficient (Wildman–Crippen LogP) is 2.45. The van der Waals surface area contributed by atoms with E-state index in [1.54, 1.807) is 0 Å². The second-order valence-electron chi connectivity index (χ2n) is 5.37. The van der Waals surface area contributed by atoms with Crippen molar-refractivity contribution >= 4 is 5.91 Å². The molecule has 1 fully saturated rings. The minimum absolute atomic E-state index is 0.211. The van der Waals surface area contributed by atoms with E-state index in [1.165, 1.54) is 6.42 Å². The average Bonchev–Trinajstić information content (AvgIpc) is 2.38. The fourth-order valence-electron chi connectivity index (χ4n) is 2.79. The fraction of sp³-hybridized carbons (Fsp3) is 0.929. The lowest BCUT2D eigenvalue weighted by molar-refractivity contribution is -0.127. The van der Waals surface area contributed by atoms with Crippen molar-refractivity contribution in [2.45, 2.75) is 64.8 Å². The largest absolute Gasteiger partial charge is 0.353 e. The maximum atomic E-state index is 12.2.